The zero-order chi connectivity index (χ0) is 23.3. The van der Waals surface area contributed by atoms with E-state index in [4.69, 9.17) is 16.3 Å². The third kappa shape index (κ3) is 5.49. The molecule has 1 aliphatic rings. The van der Waals surface area contributed by atoms with Gasteiger partial charge in [0.25, 0.3) is 5.91 Å². The highest BCUT2D eigenvalue weighted by Crippen LogP contribution is 2.28. The fourth-order valence-electron chi connectivity index (χ4n) is 3.60. The number of aryl methyl sites for hydroxylation is 1. The van der Waals surface area contributed by atoms with Gasteiger partial charge in [0.05, 0.1) is 17.2 Å². The third-order valence-electron chi connectivity index (χ3n) is 5.36. The molecule has 1 saturated heterocycles. The summed E-state index contributed by atoms with van der Waals surface area (Å²) in [4.78, 5) is 24.7. The number of rotatable bonds is 6. The van der Waals surface area contributed by atoms with Crippen LogP contribution in [0.15, 0.2) is 41.3 Å². The van der Waals surface area contributed by atoms with Gasteiger partial charge in [-0.25, -0.2) is 13.2 Å². The van der Waals surface area contributed by atoms with Crippen molar-refractivity contribution in [1.82, 2.24) is 4.31 Å². The number of halogens is 1. The molecule has 1 aliphatic heterocycles. The van der Waals surface area contributed by atoms with Gasteiger partial charge >= 0.3 is 5.97 Å². The average molecular weight is 479 g/mol. The van der Waals surface area contributed by atoms with Crippen LogP contribution < -0.4 is 5.32 Å². The molecular weight excluding hydrogens is 452 g/mol. The van der Waals surface area contributed by atoms with Crippen molar-refractivity contribution >= 4 is 39.2 Å². The lowest BCUT2D eigenvalue weighted by atomic mass is 10.1. The number of hydrogen-bond donors (Lipinski definition) is 1. The van der Waals surface area contributed by atoms with Crippen molar-refractivity contribution in [1.29, 1.82) is 0 Å². The molecule has 172 valence electrons. The van der Waals surface area contributed by atoms with E-state index in [-0.39, 0.29) is 22.1 Å². The Morgan fingerprint density at radius 2 is 1.69 bits per heavy atom. The van der Waals surface area contributed by atoms with Crippen LogP contribution in [0.25, 0.3) is 0 Å². The van der Waals surface area contributed by atoms with Gasteiger partial charge in [-0.05, 0) is 68.7 Å². The number of amides is 1. The van der Waals surface area contributed by atoms with E-state index >= 15 is 0 Å². The van der Waals surface area contributed by atoms with Gasteiger partial charge in [-0.1, -0.05) is 24.4 Å². The number of anilines is 1. The molecular formula is C23H27ClN2O5S. The predicted octanol–water partition coefficient (Wildman–Crippen LogP) is 4.64. The first-order chi connectivity index (χ1) is 15.2. The molecule has 0 aromatic heterocycles. The van der Waals surface area contributed by atoms with Gasteiger partial charge in [-0.2, -0.15) is 4.31 Å². The van der Waals surface area contributed by atoms with E-state index in [2.05, 4.69) is 5.32 Å². The zero-order valence-electron chi connectivity index (χ0n) is 18.2. The van der Waals surface area contributed by atoms with Crippen LogP contribution >= 0.6 is 11.6 Å². The minimum absolute atomic E-state index is 0.0666. The van der Waals surface area contributed by atoms with E-state index in [1.807, 2.05) is 0 Å². The van der Waals surface area contributed by atoms with Crippen LogP contribution in [0, 0.1) is 6.92 Å². The fraction of sp³-hybridized carbons (Fsp3) is 0.391. The van der Waals surface area contributed by atoms with Crippen molar-refractivity contribution in [3.63, 3.8) is 0 Å². The van der Waals surface area contributed by atoms with E-state index < -0.39 is 21.9 Å². The Labute approximate surface area is 193 Å². The lowest BCUT2D eigenvalue weighted by Crippen LogP contribution is -2.32. The molecule has 0 unspecified atom stereocenters. The standard InChI is InChI=1S/C23H27ClN2O5S/c1-3-31-23(28)18-9-11-20(16(2)14-18)25-22(27)17-8-10-19(24)21(15-17)32(29,30)26-12-6-4-5-7-13-26/h8-11,14-15H,3-7,12-13H2,1-2H3,(H,25,27). The molecule has 2 aromatic carbocycles. The van der Waals surface area contributed by atoms with Gasteiger partial charge in [0.2, 0.25) is 10.0 Å². The monoisotopic (exact) mass is 478 g/mol. The molecule has 0 saturated carbocycles. The number of carbonyl (C=O) groups is 2. The number of nitrogens with one attached hydrogen (secondary N) is 1. The Morgan fingerprint density at radius 3 is 2.31 bits per heavy atom. The maximum absolute atomic E-state index is 13.2. The molecule has 0 bridgehead atoms. The topological polar surface area (TPSA) is 92.8 Å². The SMILES string of the molecule is CCOC(=O)c1ccc(NC(=O)c2ccc(Cl)c(S(=O)(=O)N3CCCCCC3)c2)c(C)c1. The molecule has 3 rings (SSSR count). The Hall–Kier alpha value is -2.42. The second-order valence-electron chi connectivity index (χ2n) is 7.67. The summed E-state index contributed by atoms with van der Waals surface area (Å²) in [5, 5.41) is 2.85. The molecule has 32 heavy (non-hydrogen) atoms. The Kier molecular flexibility index (Phi) is 7.92. The minimum Gasteiger partial charge on any atom is -0.462 e. The van der Waals surface area contributed by atoms with E-state index in [0.29, 0.717) is 29.9 Å². The van der Waals surface area contributed by atoms with Crippen molar-refractivity contribution in [3.05, 3.63) is 58.1 Å². The van der Waals surface area contributed by atoms with Crippen LogP contribution in [-0.2, 0) is 14.8 Å². The molecule has 1 N–H and O–H groups in total. The fourth-order valence-corrected chi connectivity index (χ4v) is 5.62. The van der Waals surface area contributed by atoms with Crippen LogP contribution in [-0.4, -0.2) is 44.3 Å². The lowest BCUT2D eigenvalue weighted by molar-refractivity contribution is 0.0526. The van der Waals surface area contributed by atoms with Crippen LogP contribution in [0.5, 0.6) is 0 Å². The maximum atomic E-state index is 13.2. The van der Waals surface area contributed by atoms with E-state index in [0.717, 1.165) is 25.7 Å². The number of esters is 1. The van der Waals surface area contributed by atoms with E-state index in [9.17, 15) is 18.0 Å². The third-order valence-corrected chi connectivity index (χ3v) is 7.74. The molecule has 7 nitrogen and oxygen atoms in total. The first-order valence-corrected chi connectivity index (χ1v) is 12.4. The van der Waals surface area contributed by atoms with Gasteiger partial charge < -0.3 is 10.1 Å². The number of ether oxygens (including phenoxy) is 1. The lowest BCUT2D eigenvalue weighted by Gasteiger charge is -2.21. The predicted molar refractivity (Wildman–Crippen MR) is 124 cm³/mol. The van der Waals surface area contributed by atoms with Gasteiger partial charge in [-0.3, -0.25) is 4.79 Å². The van der Waals surface area contributed by atoms with Crippen LogP contribution in [0.2, 0.25) is 5.02 Å². The van der Waals surface area contributed by atoms with Crippen molar-refractivity contribution in [2.24, 2.45) is 0 Å². The first-order valence-electron chi connectivity index (χ1n) is 10.6. The summed E-state index contributed by atoms with van der Waals surface area (Å²) >= 11 is 6.22. The molecule has 9 heteroatoms. The Morgan fingerprint density at radius 1 is 1.03 bits per heavy atom. The summed E-state index contributed by atoms with van der Waals surface area (Å²) < 4.78 is 32.8. The Balaban J connectivity index is 1.83. The molecule has 0 spiro atoms. The second kappa shape index (κ2) is 10.5. The number of hydrogen-bond acceptors (Lipinski definition) is 5. The quantitative estimate of drug-likeness (QED) is 0.610. The first kappa shape index (κ1) is 24.2. The number of benzene rings is 2. The summed E-state index contributed by atoms with van der Waals surface area (Å²) in [6, 6.07) is 9.05. The highest BCUT2D eigenvalue weighted by Gasteiger charge is 2.28. The van der Waals surface area contributed by atoms with Gasteiger partial charge in [0.1, 0.15) is 4.90 Å². The van der Waals surface area contributed by atoms with Crippen molar-refractivity contribution in [2.75, 3.05) is 25.0 Å². The summed E-state index contributed by atoms with van der Waals surface area (Å²) in [5.74, 6) is -0.907. The number of sulfonamides is 1. The molecule has 1 fully saturated rings. The zero-order valence-corrected chi connectivity index (χ0v) is 19.8. The number of carbonyl (C=O) groups excluding carboxylic acids is 2. The molecule has 1 heterocycles. The summed E-state index contributed by atoms with van der Waals surface area (Å²) in [6.07, 6.45) is 3.60. The minimum atomic E-state index is -3.80. The van der Waals surface area contributed by atoms with Crippen LogP contribution in [0.3, 0.4) is 0 Å². The normalized spacial score (nSPS) is 15.1. The van der Waals surface area contributed by atoms with Gasteiger partial charge in [0.15, 0.2) is 0 Å². The van der Waals surface area contributed by atoms with Crippen LogP contribution in [0.1, 0.15) is 58.9 Å². The smallest absolute Gasteiger partial charge is 0.338 e. The van der Waals surface area contributed by atoms with Crippen molar-refractivity contribution in [2.45, 2.75) is 44.4 Å². The highest BCUT2D eigenvalue weighted by molar-refractivity contribution is 7.89. The maximum Gasteiger partial charge on any atom is 0.338 e. The highest BCUT2D eigenvalue weighted by atomic mass is 35.5. The van der Waals surface area contributed by atoms with Gasteiger partial charge in [0, 0.05) is 24.3 Å². The summed E-state index contributed by atoms with van der Waals surface area (Å²) in [5.41, 5.74) is 1.75. The molecule has 0 radical (unpaired) electrons. The molecule has 1 amide bonds. The molecule has 0 atom stereocenters. The van der Waals surface area contributed by atoms with Gasteiger partial charge in [-0.15, -0.1) is 0 Å². The molecule has 0 aliphatic carbocycles. The second-order valence-corrected chi connectivity index (χ2v) is 9.98. The van der Waals surface area contributed by atoms with Crippen LogP contribution in [0.4, 0.5) is 5.69 Å². The van der Waals surface area contributed by atoms with Crippen molar-refractivity contribution < 1.29 is 22.7 Å². The summed E-state index contributed by atoms with van der Waals surface area (Å²) in [7, 11) is -3.80. The summed E-state index contributed by atoms with van der Waals surface area (Å²) in [6.45, 7) is 4.65. The molecule has 2 aromatic rings. The number of nitrogens with zero attached hydrogens (tertiary/aromatic N) is 1. The average Bonchev–Trinajstić information content (AvgIpc) is 3.05. The largest absolute Gasteiger partial charge is 0.462 e. The van der Waals surface area contributed by atoms with Crippen molar-refractivity contribution in [3.8, 4) is 0 Å². The van der Waals surface area contributed by atoms with E-state index in [1.165, 1.54) is 22.5 Å². The Bertz CT molecular complexity index is 1110. The van der Waals surface area contributed by atoms with E-state index in [1.54, 1.807) is 32.0 Å².